The van der Waals surface area contributed by atoms with Gasteiger partial charge in [0, 0.05) is 12.0 Å². The molecule has 1 fully saturated rings. The number of fused-ring (bicyclic) bond motifs is 1. The summed E-state index contributed by atoms with van der Waals surface area (Å²) in [4.78, 5) is 17.9. The Kier molecular flexibility index (Phi) is 3.75. The molecular weight excluding hydrogens is 302 g/mol. The number of aromatic nitrogens is 1. The van der Waals surface area contributed by atoms with Crippen LogP contribution < -0.4 is 21.7 Å². The second kappa shape index (κ2) is 5.58. The maximum absolute atomic E-state index is 11.3. The van der Waals surface area contributed by atoms with Crippen LogP contribution in [0.15, 0.2) is 0 Å². The summed E-state index contributed by atoms with van der Waals surface area (Å²) in [6.45, 7) is 2.33. The molecule has 0 aromatic carbocycles. The predicted octanol–water partition coefficient (Wildman–Crippen LogP) is 1.53. The van der Waals surface area contributed by atoms with Crippen molar-refractivity contribution in [2.75, 3.05) is 22.6 Å². The summed E-state index contributed by atoms with van der Waals surface area (Å²) in [5.41, 5.74) is 13.4. The fourth-order valence-electron chi connectivity index (χ4n) is 3.23. The number of hydrogen-bond donors (Lipinski definition) is 3. The van der Waals surface area contributed by atoms with Gasteiger partial charge in [-0.2, -0.15) is 0 Å². The van der Waals surface area contributed by atoms with E-state index in [2.05, 4.69) is 27.0 Å². The molecule has 22 heavy (non-hydrogen) atoms. The zero-order chi connectivity index (χ0) is 15.9. The van der Waals surface area contributed by atoms with Crippen LogP contribution in [-0.4, -0.2) is 23.6 Å². The minimum Gasteiger partial charge on any atom is -0.396 e. The van der Waals surface area contributed by atoms with Crippen molar-refractivity contribution in [2.24, 2.45) is 11.7 Å². The van der Waals surface area contributed by atoms with Crippen LogP contribution >= 0.6 is 11.6 Å². The van der Waals surface area contributed by atoms with Crippen molar-refractivity contribution in [3.05, 3.63) is 10.7 Å². The molecule has 2 unspecified atom stereocenters. The lowest BCUT2D eigenvalue weighted by Crippen LogP contribution is -2.34. The predicted molar refractivity (Wildman–Crippen MR) is 87.5 cm³/mol. The monoisotopic (exact) mass is 319 g/mol. The fraction of sp³-hybridized carbons (Fsp3) is 0.467. The molecule has 0 radical (unpaired) electrons. The second-order valence-electron chi connectivity index (χ2n) is 5.64. The SMILES string of the molecule is CC#Cc1c(Cl)nc2c(c1N)NCN2C1CCC(C(N)=O)C1. The average Bonchev–Trinajstić information content (AvgIpc) is 3.09. The molecule has 1 aliphatic heterocycles. The number of anilines is 3. The van der Waals surface area contributed by atoms with E-state index in [4.69, 9.17) is 23.1 Å². The number of primary amides is 1. The average molecular weight is 320 g/mol. The molecule has 7 heteroatoms. The first kappa shape index (κ1) is 14.8. The van der Waals surface area contributed by atoms with Gasteiger partial charge in [-0.15, -0.1) is 5.92 Å². The molecule has 0 spiro atoms. The number of nitrogens with zero attached hydrogens (tertiary/aromatic N) is 2. The molecular formula is C15H18ClN5O. The highest BCUT2D eigenvalue weighted by Crippen LogP contribution is 2.42. The molecule has 0 saturated heterocycles. The number of carbonyl (C=O) groups is 1. The van der Waals surface area contributed by atoms with Gasteiger partial charge >= 0.3 is 0 Å². The minimum absolute atomic E-state index is 0.0629. The normalized spacial score (nSPS) is 22.7. The van der Waals surface area contributed by atoms with Gasteiger partial charge in [0.25, 0.3) is 0 Å². The first-order valence-corrected chi connectivity index (χ1v) is 7.62. The first-order valence-electron chi connectivity index (χ1n) is 7.24. The van der Waals surface area contributed by atoms with Crippen LogP contribution in [0.2, 0.25) is 5.15 Å². The van der Waals surface area contributed by atoms with Crippen LogP contribution in [0.25, 0.3) is 0 Å². The third-order valence-corrected chi connectivity index (χ3v) is 4.64. The first-order chi connectivity index (χ1) is 10.5. The molecule has 6 nitrogen and oxygen atoms in total. The van der Waals surface area contributed by atoms with Gasteiger partial charge in [-0.3, -0.25) is 4.79 Å². The summed E-state index contributed by atoms with van der Waals surface area (Å²) in [5.74, 6) is 6.13. The minimum atomic E-state index is -0.228. The number of hydrogen-bond acceptors (Lipinski definition) is 5. The Morgan fingerprint density at radius 3 is 2.91 bits per heavy atom. The Hall–Kier alpha value is -2.13. The Labute approximate surface area is 134 Å². The summed E-state index contributed by atoms with van der Waals surface area (Å²) in [7, 11) is 0. The molecule has 1 aliphatic carbocycles. The molecule has 5 N–H and O–H groups in total. The lowest BCUT2D eigenvalue weighted by atomic mass is 10.1. The van der Waals surface area contributed by atoms with E-state index in [9.17, 15) is 4.79 Å². The topological polar surface area (TPSA) is 97.3 Å². The largest absolute Gasteiger partial charge is 0.396 e. The molecule has 1 aromatic rings. The fourth-order valence-corrected chi connectivity index (χ4v) is 3.46. The Morgan fingerprint density at radius 2 is 2.27 bits per heavy atom. The maximum atomic E-state index is 11.3. The van der Waals surface area contributed by atoms with Crippen molar-refractivity contribution >= 4 is 34.7 Å². The maximum Gasteiger partial charge on any atom is 0.220 e. The van der Waals surface area contributed by atoms with Gasteiger partial charge in [0.2, 0.25) is 5.91 Å². The van der Waals surface area contributed by atoms with E-state index in [1.54, 1.807) is 6.92 Å². The van der Waals surface area contributed by atoms with Crippen molar-refractivity contribution in [1.82, 2.24) is 4.98 Å². The Balaban J connectivity index is 1.92. The van der Waals surface area contributed by atoms with Crippen LogP contribution in [0.1, 0.15) is 31.7 Å². The molecule has 0 bridgehead atoms. The molecule has 2 aliphatic rings. The highest BCUT2D eigenvalue weighted by atomic mass is 35.5. The van der Waals surface area contributed by atoms with E-state index in [1.165, 1.54) is 0 Å². The number of nitrogen functional groups attached to an aromatic ring is 1. The lowest BCUT2D eigenvalue weighted by Gasteiger charge is -2.25. The summed E-state index contributed by atoms with van der Waals surface area (Å²) in [5, 5.41) is 3.57. The number of rotatable bonds is 2. The number of nitrogens with one attached hydrogen (secondary N) is 1. The van der Waals surface area contributed by atoms with E-state index >= 15 is 0 Å². The quantitative estimate of drug-likeness (QED) is 0.567. The van der Waals surface area contributed by atoms with Gasteiger partial charge in [-0.05, 0) is 26.2 Å². The van der Waals surface area contributed by atoms with E-state index < -0.39 is 0 Å². The summed E-state index contributed by atoms with van der Waals surface area (Å²) in [6, 6.07) is 0.220. The second-order valence-corrected chi connectivity index (χ2v) is 5.99. The van der Waals surface area contributed by atoms with Crippen LogP contribution in [-0.2, 0) is 4.79 Å². The zero-order valence-corrected chi connectivity index (χ0v) is 13.1. The number of pyridine rings is 1. The van der Waals surface area contributed by atoms with Crippen molar-refractivity contribution < 1.29 is 4.79 Å². The summed E-state index contributed by atoms with van der Waals surface area (Å²) < 4.78 is 0. The van der Waals surface area contributed by atoms with Crippen molar-refractivity contribution in [3.63, 3.8) is 0 Å². The van der Waals surface area contributed by atoms with Crippen molar-refractivity contribution in [3.8, 4) is 11.8 Å². The standard InChI is InChI=1S/C15H18ClN5O/c1-2-3-10-11(17)12-15(20-13(10)16)21(7-19-12)9-5-4-8(6-9)14(18)22/h8-9,19H,4-7H2,1H3,(H2,17,20)(H2,18,22). The highest BCUT2D eigenvalue weighted by Gasteiger charge is 2.36. The van der Waals surface area contributed by atoms with Gasteiger partial charge in [0.05, 0.1) is 17.9 Å². The number of amides is 1. The third-order valence-electron chi connectivity index (χ3n) is 4.37. The zero-order valence-electron chi connectivity index (χ0n) is 12.3. The van der Waals surface area contributed by atoms with Crippen LogP contribution in [0, 0.1) is 17.8 Å². The smallest absolute Gasteiger partial charge is 0.220 e. The number of nitrogens with two attached hydrogens (primary N) is 2. The van der Waals surface area contributed by atoms with Crippen molar-refractivity contribution in [1.29, 1.82) is 0 Å². The highest BCUT2D eigenvalue weighted by molar-refractivity contribution is 6.31. The van der Waals surface area contributed by atoms with Crippen LogP contribution in [0.4, 0.5) is 17.2 Å². The van der Waals surface area contributed by atoms with Crippen molar-refractivity contribution in [2.45, 2.75) is 32.2 Å². The van der Waals surface area contributed by atoms with Gasteiger partial charge in [0.15, 0.2) is 5.82 Å². The molecule has 3 rings (SSSR count). The van der Waals surface area contributed by atoms with E-state index in [0.717, 1.165) is 30.8 Å². The van der Waals surface area contributed by atoms with E-state index in [-0.39, 0.29) is 17.9 Å². The summed E-state index contributed by atoms with van der Waals surface area (Å²) >= 11 is 6.22. The lowest BCUT2D eigenvalue weighted by molar-refractivity contribution is -0.121. The van der Waals surface area contributed by atoms with E-state index in [0.29, 0.717) is 23.1 Å². The van der Waals surface area contributed by atoms with Gasteiger partial charge < -0.3 is 21.7 Å². The molecule has 1 saturated carbocycles. The third kappa shape index (κ3) is 2.32. The van der Waals surface area contributed by atoms with E-state index in [1.807, 2.05) is 0 Å². The van der Waals surface area contributed by atoms with Gasteiger partial charge in [-0.1, -0.05) is 17.5 Å². The molecule has 1 aromatic heterocycles. The summed E-state index contributed by atoms with van der Waals surface area (Å²) in [6.07, 6.45) is 2.46. The molecule has 1 amide bonds. The van der Waals surface area contributed by atoms with Gasteiger partial charge in [-0.25, -0.2) is 4.98 Å². The molecule has 2 heterocycles. The van der Waals surface area contributed by atoms with Crippen LogP contribution in [0.5, 0.6) is 0 Å². The Bertz CT molecular complexity index is 693. The Morgan fingerprint density at radius 1 is 1.50 bits per heavy atom. The molecule has 2 atom stereocenters. The molecule has 116 valence electrons. The van der Waals surface area contributed by atoms with Gasteiger partial charge in [0.1, 0.15) is 10.8 Å². The van der Waals surface area contributed by atoms with Crippen LogP contribution in [0.3, 0.4) is 0 Å². The number of halogens is 1. The number of carbonyl (C=O) groups excluding carboxylic acids is 1.